The molecule has 0 fully saturated rings. The predicted octanol–water partition coefficient (Wildman–Crippen LogP) is 3.31. The van der Waals surface area contributed by atoms with Crippen molar-refractivity contribution in [2.75, 3.05) is 27.4 Å². The third kappa shape index (κ3) is 8.17. The van der Waals surface area contributed by atoms with E-state index >= 15 is 0 Å². The molecule has 0 aliphatic rings. The number of nitrogens with zero attached hydrogens (tertiary/aromatic N) is 2. The van der Waals surface area contributed by atoms with Crippen molar-refractivity contribution in [3.05, 3.63) is 47.3 Å². The number of ether oxygens (including phenoxy) is 2. The molecule has 0 amide bonds. The van der Waals surface area contributed by atoms with Crippen molar-refractivity contribution in [2.24, 2.45) is 4.99 Å². The van der Waals surface area contributed by atoms with Gasteiger partial charge in [-0.2, -0.15) is 0 Å². The monoisotopic (exact) mass is 488 g/mol. The molecule has 0 aliphatic carbocycles. The minimum atomic E-state index is 0. The van der Waals surface area contributed by atoms with Crippen LogP contribution in [0.4, 0.5) is 0 Å². The summed E-state index contributed by atoms with van der Waals surface area (Å²) in [5.41, 5.74) is 2.09. The van der Waals surface area contributed by atoms with E-state index < -0.39 is 0 Å². The van der Waals surface area contributed by atoms with Gasteiger partial charge in [0.25, 0.3) is 0 Å². The van der Waals surface area contributed by atoms with Crippen molar-refractivity contribution >= 4 is 29.9 Å². The number of benzene rings is 1. The van der Waals surface area contributed by atoms with E-state index in [1.165, 1.54) is 0 Å². The molecular weight excluding hydrogens is 459 g/mol. The lowest BCUT2D eigenvalue weighted by molar-refractivity contribution is 0.146. The summed E-state index contributed by atoms with van der Waals surface area (Å²) in [6, 6.07) is 9.91. The molecule has 8 heteroatoms. The summed E-state index contributed by atoms with van der Waals surface area (Å²) in [5, 5.41) is 10.5. The van der Waals surface area contributed by atoms with Crippen molar-refractivity contribution in [3.63, 3.8) is 0 Å². The molecule has 7 nitrogen and oxygen atoms in total. The number of guanidine groups is 1. The molecule has 27 heavy (non-hydrogen) atoms. The van der Waals surface area contributed by atoms with Crippen LogP contribution in [0.1, 0.15) is 36.8 Å². The van der Waals surface area contributed by atoms with Crippen LogP contribution >= 0.6 is 24.0 Å². The predicted molar refractivity (Wildman–Crippen MR) is 117 cm³/mol. The zero-order valence-electron chi connectivity index (χ0n) is 16.3. The van der Waals surface area contributed by atoms with E-state index in [0.717, 1.165) is 22.8 Å². The normalized spacial score (nSPS) is 11.2. The largest absolute Gasteiger partial charge is 0.491 e. The summed E-state index contributed by atoms with van der Waals surface area (Å²) in [7, 11) is 3.40. The van der Waals surface area contributed by atoms with Crippen LogP contribution in [0.3, 0.4) is 0 Å². The van der Waals surface area contributed by atoms with E-state index in [1.807, 2.05) is 30.3 Å². The molecule has 0 saturated heterocycles. The van der Waals surface area contributed by atoms with E-state index in [0.29, 0.717) is 38.2 Å². The topological polar surface area (TPSA) is 80.9 Å². The average Bonchev–Trinajstić information content (AvgIpc) is 3.12. The second-order valence-electron chi connectivity index (χ2n) is 6.14. The van der Waals surface area contributed by atoms with Crippen LogP contribution in [0, 0.1) is 0 Å². The zero-order valence-corrected chi connectivity index (χ0v) is 18.7. The second kappa shape index (κ2) is 12.6. The highest BCUT2D eigenvalue weighted by Crippen LogP contribution is 2.14. The molecule has 150 valence electrons. The van der Waals surface area contributed by atoms with Gasteiger partial charge in [-0.25, -0.2) is 0 Å². The molecule has 2 rings (SSSR count). The van der Waals surface area contributed by atoms with Gasteiger partial charge in [-0.3, -0.25) is 4.99 Å². The standard InChI is InChI=1S/C19H28N4O3.HI/c1-14(2)18-11-17(26-23-18)13-22-19(20-3)21-12-15-5-7-16(8-6-15)25-10-9-24-4;/h5-8,11,14H,9-10,12-13H2,1-4H3,(H2,20,21,22);1H. The van der Waals surface area contributed by atoms with Gasteiger partial charge in [0.1, 0.15) is 12.4 Å². The molecule has 2 aromatic rings. The molecule has 0 unspecified atom stereocenters. The van der Waals surface area contributed by atoms with Crippen molar-refractivity contribution in [1.29, 1.82) is 0 Å². The Hall–Kier alpha value is -1.81. The molecule has 1 aromatic carbocycles. The number of aliphatic imine (C=N–C) groups is 1. The van der Waals surface area contributed by atoms with Crippen molar-refractivity contribution < 1.29 is 14.0 Å². The lowest BCUT2D eigenvalue weighted by atomic mass is 10.1. The Bertz CT molecular complexity index is 687. The maximum Gasteiger partial charge on any atom is 0.191 e. The van der Waals surface area contributed by atoms with Crippen molar-refractivity contribution in [3.8, 4) is 5.75 Å². The third-order valence-corrected chi connectivity index (χ3v) is 3.76. The van der Waals surface area contributed by atoms with Crippen LogP contribution in [0.15, 0.2) is 39.8 Å². The summed E-state index contributed by atoms with van der Waals surface area (Å²) in [5.74, 6) is 2.67. The fourth-order valence-electron chi connectivity index (χ4n) is 2.21. The lowest BCUT2D eigenvalue weighted by Crippen LogP contribution is -2.36. The van der Waals surface area contributed by atoms with Gasteiger partial charge < -0.3 is 24.6 Å². The number of rotatable bonds is 9. The van der Waals surface area contributed by atoms with E-state index in [4.69, 9.17) is 14.0 Å². The average molecular weight is 488 g/mol. The summed E-state index contributed by atoms with van der Waals surface area (Å²) in [4.78, 5) is 4.22. The Balaban J connectivity index is 0.00000364. The van der Waals surface area contributed by atoms with E-state index in [9.17, 15) is 0 Å². The fraction of sp³-hybridized carbons (Fsp3) is 0.474. The molecule has 0 saturated carbocycles. The minimum absolute atomic E-state index is 0. The number of halogens is 1. The number of aromatic nitrogens is 1. The maximum atomic E-state index is 5.56. The Labute approximate surface area is 177 Å². The first-order valence-electron chi connectivity index (χ1n) is 8.73. The first-order chi connectivity index (χ1) is 12.6. The Morgan fingerprint density at radius 2 is 1.85 bits per heavy atom. The highest BCUT2D eigenvalue weighted by Gasteiger charge is 2.08. The van der Waals surface area contributed by atoms with Gasteiger partial charge in [0.2, 0.25) is 0 Å². The van der Waals surface area contributed by atoms with Crippen LogP contribution in [0.5, 0.6) is 5.75 Å². The Morgan fingerprint density at radius 1 is 1.15 bits per heavy atom. The van der Waals surface area contributed by atoms with Gasteiger partial charge in [-0.1, -0.05) is 31.1 Å². The molecule has 0 aliphatic heterocycles. The van der Waals surface area contributed by atoms with Crippen molar-refractivity contribution in [2.45, 2.75) is 32.9 Å². The molecule has 0 spiro atoms. The summed E-state index contributed by atoms with van der Waals surface area (Å²) in [6.45, 7) is 6.49. The van der Waals surface area contributed by atoms with Crippen LogP contribution < -0.4 is 15.4 Å². The SMILES string of the molecule is CN=C(NCc1ccc(OCCOC)cc1)NCc1cc(C(C)C)no1.I. The highest BCUT2D eigenvalue weighted by atomic mass is 127. The van der Waals surface area contributed by atoms with E-state index in [2.05, 4.69) is 34.6 Å². The summed E-state index contributed by atoms with van der Waals surface area (Å²) < 4.78 is 15.8. The molecule has 0 radical (unpaired) electrons. The summed E-state index contributed by atoms with van der Waals surface area (Å²) in [6.07, 6.45) is 0. The maximum absolute atomic E-state index is 5.56. The van der Waals surface area contributed by atoms with Gasteiger partial charge in [-0.15, -0.1) is 24.0 Å². The van der Waals surface area contributed by atoms with E-state index in [1.54, 1.807) is 14.2 Å². The molecule has 0 bridgehead atoms. The zero-order chi connectivity index (χ0) is 18.8. The fourth-order valence-corrected chi connectivity index (χ4v) is 2.21. The number of hydrogen-bond acceptors (Lipinski definition) is 5. The van der Waals surface area contributed by atoms with Gasteiger partial charge in [0, 0.05) is 26.8 Å². The van der Waals surface area contributed by atoms with Crippen LogP contribution in [-0.4, -0.2) is 38.5 Å². The number of hydrogen-bond donors (Lipinski definition) is 2. The highest BCUT2D eigenvalue weighted by molar-refractivity contribution is 14.0. The van der Waals surface area contributed by atoms with Crippen LogP contribution in [0.25, 0.3) is 0 Å². The Morgan fingerprint density at radius 3 is 2.44 bits per heavy atom. The van der Waals surface area contributed by atoms with Crippen molar-refractivity contribution in [1.82, 2.24) is 15.8 Å². The number of nitrogens with one attached hydrogen (secondary N) is 2. The molecule has 1 heterocycles. The Kier molecular flexibility index (Phi) is 10.8. The molecular formula is C19H29IN4O3. The molecule has 1 aromatic heterocycles. The molecule has 0 atom stereocenters. The minimum Gasteiger partial charge on any atom is -0.491 e. The first kappa shape index (κ1) is 23.2. The first-order valence-corrected chi connectivity index (χ1v) is 8.73. The lowest BCUT2D eigenvalue weighted by Gasteiger charge is -2.11. The summed E-state index contributed by atoms with van der Waals surface area (Å²) >= 11 is 0. The van der Waals surface area contributed by atoms with Gasteiger partial charge >= 0.3 is 0 Å². The van der Waals surface area contributed by atoms with Gasteiger partial charge in [-0.05, 0) is 23.6 Å². The second-order valence-corrected chi connectivity index (χ2v) is 6.14. The van der Waals surface area contributed by atoms with Gasteiger partial charge in [0.15, 0.2) is 11.7 Å². The van der Waals surface area contributed by atoms with Gasteiger partial charge in [0.05, 0.1) is 18.8 Å². The van der Waals surface area contributed by atoms with E-state index in [-0.39, 0.29) is 24.0 Å². The smallest absolute Gasteiger partial charge is 0.191 e. The quantitative estimate of drug-likeness (QED) is 0.244. The number of methoxy groups -OCH3 is 1. The molecule has 2 N–H and O–H groups in total. The van der Waals surface area contributed by atoms with Crippen LogP contribution in [-0.2, 0) is 17.8 Å². The third-order valence-electron chi connectivity index (χ3n) is 3.76. The van der Waals surface area contributed by atoms with Crippen LogP contribution in [0.2, 0.25) is 0 Å².